The van der Waals surface area contributed by atoms with E-state index >= 15 is 0 Å². The van der Waals surface area contributed by atoms with Gasteiger partial charge in [0.15, 0.2) is 5.71 Å². The lowest BCUT2D eigenvalue weighted by molar-refractivity contribution is -0.438. The summed E-state index contributed by atoms with van der Waals surface area (Å²) in [5.74, 6) is -2.25. The number of carboxylic acids is 1. The Labute approximate surface area is 199 Å². The van der Waals surface area contributed by atoms with Crippen molar-refractivity contribution in [3.8, 4) is 0 Å². The molecule has 1 aliphatic heterocycles. The first kappa shape index (κ1) is 26.3. The molecular formula is C23H30NO8S2+. The Morgan fingerprint density at radius 1 is 1.09 bits per heavy atom. The van der Waals surface area contributed by atoms with E-state index in [2.05, 4.69) is 0 Å². The Balaban J connectivity index is 2.31. The lowest BCUT2D eigenvalue weighted by atomic mass is 9.67. The number of hydrogen-bond donors (Lipinski definition) is 3. The van der Waals surface area contributed by atoms with Gasteiger partial charge in [-0.3, -0.25) is 13.9 Å². The largest absolute Gasteiger partial charge is 0.481 e. The second-order valence-corrected chi connectivity index (χ2v) is 11.9. The average molecular weight is 513 g/mol. The fourth-order valence-electron chi connectivity index (χ4n) is 5.05. The number of benzene rings is 2. The van der Waals surface area contributed by atoms with Crippen LogP contribution >= 0.6 is 0 Å². The molecule has 9 nitrogen and oxygen atoms in total. The Morgan fingerprint density at radius 2 is 1.74 bits per heavy atom. The molecule has 0 saturated heterocycles. The fourth-order valence-corrected chi connectivity index (χ4v) is 6.05. The van der Waals surface area contributed by atoms with Crippen LogP contribution in [0.15, 0.2) is 35.2 Å². The van der Waals surface area contributed by atoms with Crippen molar-refractivity contribution in [3.63, 3.8) is 0 Å². The van der Waals surface area contributed by atoms with E-state index in [1.54, 1.807) is 19.1 Å². The average Bonchev–Trinajstić information content (AvgIpc) is 2.94. The van der Waals surface area contributed by atoms with Crippen molar-refractivity contribution in [2.24, 2.45) is 5.92 Å². The summed E-state index contributed by atoms with van der Waals surface area (Å²) in [6.07, 6.45) is 1.99. The summed E-state index contributed by atoms with van der Waals surface area (Å²) in [5.41, 5.74) is 0.957. The highest BCUT2D eigenvalue weighted by atomic mass is 32.2. The maximum atomic E-state index is 12.5. The Morgan fingerprint density at radius 3 is 2.29 bits per heavy atom. The summed E-state index contributed by atoms with van der Waals surface area (Å²) in [6.45, 7) is 5.80. The van der Waals surface area contributed by atoms with E-state index in [1.807, 2.05) is 24.5 Å². The molecule has 0 bridgehead atoms. The van der Waals surface area contributed by atoms with Gasteiger partial charge in [-0.25, -0.2) is 0 Å². The normalized spacial score (nSPS) is 19.4. The molecule has 2 aromatic rings. The molecule has 0 aromatic heterocycles. The van der Waals surface area contributed by atoms with Gasteiger partial charge in [-0.2, -0.15) is 21.4 Å². The number of unbranched alkanes of at least 4 members (excludes halogenated alkanes) is 1. The SMILES string of the molecule is CCCCC(C(=O)O)C1(C)C(C)=[N+](CCCS(=O)(=O)O)c2ccc3ccc(S(=O)(=O)O)cc3c21. The van der Waals surface area contributed by atoms with Crippen LogP contribution in [0.25, 0.3) is 10.8 Å². The standard InChI is InChI=1S/C23H29NO8S2/c1-4-5-7-19(22(25)26)23(3)15(2)24(12-6-13-33(27,28)29)20-11-9-16-8-10-17(34(30,31)32)14-18(16)21(20)23/h8-11,14,19H,4-7,12-13H2,1-3H3,(H2-,25,26,27,28,29,30,31,32)/p+1. The minimum atomic E-state index is -4.49. The number of fused-ring (bicyclic) bond motifs is 3. The van der Waals surface area contributed by atoms with Gasteiger partial charge < -0.3 is 5.11 Å². The van der Waals surface area contributed by atoms with Crippen molar-refractivity contribution >= 4 is 48.4 Å². The van der Waals surface area contributed by atoms with E-state index in [9.17, 15) is 31.3 Å². The Kier molecular flexibility index (Phi) is 7.24. The summed E-state index contributed by atoms with van der Waals surface area (Å²) < 4.78 is 66.8. The third-order valence-electron chi connectivity index (χ3n) is 6.86. The lowest BCUT2D eigenvalue weighted by Crippen LogP contribution is -2.42. The van der Waals surface area contributed by atoms with Crippen molar-refractivity contribution < 1.29 is 40.4 Å². The highest BCUT2D eigenvalue weighted by molar-refractivity contribution is 7.86. The zero-order chi connectivity index (χ0) is 25.5. The monoisotopic (exact) mass is 512 g/mol. The van der Waals surface area contributed by atoms with E-state index in [-0.39, 0.29) is 17.9 Å². The van der Waals surface area contributed by atoms with Crippen LogP contribution in [0.2, 0.25) is 0 Å². The molecule has 0 radical (unpaired) electrons. The van der Waals surface area contributed by atoms with Gasteiger partial charge in [0.05, 0.1) is 22.0 Å². The fraction of sp³-hybridized carbons (Fsp3) is 0.478. The molecular weight excluding hydrogens is 482 g/mol. The van der Waals surface area contributed by atoms with Crippen LogP contribution in [0.3, 0.4) is 0 Å². The predicted molar refractivity (Wildman–Crippen MR) is 128 cm³/mol. The number of nitrogens with zero attached hydrogens (tertiary/aromatic N) is 1. The van der Waals surface area contributed by atoms with Gasteiger partial charge in [0.25, 0.3) is 20.2 Å². The molecule has 0 amide bonds. The number of aliphatic carboxylic acids is 1. The van der Waals surface area contributed by atoms with Gasteiger partial charge >= 0.3 is 5.97 Å². The van der Waals surface area contributed by atoms with Gasteiger partial charge in [-0.05, 0) is 42.3 Å². The van der Waals surface area contributed by atoms with Crippen LogP contribution in [-0.4, -0.2) is 59.6 Å². The molecule has 0 saturated carbocycles. The van der Waals surface area contributed by atoms with Crippen LogP contribution < -0.4 is 0 Å². The first-order chi connectivity index (χ1) is 15.7. The maximum Gasteiger partial charge on any atom is 0.307 e. The number of rotatable bonds is 10. The molecule has 0 spiro atoms. The third kappa shape index (κ3) is 4.88. The summed E-state index contributed by atoms with van der Waals surface area (Å²) in [7, 11) is -8.65. The predicted octanol–water partition coefficient (Wildman–Crippen LogP) is 3.63. The first-order valence-electron chi connectivity index (χ1n) is 11.1. The first-order valence-corrected chi connectivity index (χ1v) is 14.1. The van der Waals surface area contributed by atoms with Crippen molar-refractivity contribution in [2.75, 3.05) is 12.3 Å². The number of hydrogen-bond acceptors (Lipinski definition) is 5. The molecule has 3 N–H and O–H groups in total. The van der Waals surface area contributed by atoms with E-state index in [0.29, 0.717) is 40.6 Å². The number of carbonyl (C=O) groups is 1. The molecule has 0 aliphatic carbocycles. The molecule has 2 atom stereocenters. The summed E-state index contributed by atoms with van der Waals surface area (Å²) in [6, 6.07) is 7.81. The van der Waals surface area contributed by atoms with Crippen LogP contribution in [0.5, 0.6) is 0 Å². The van der Waals surface area contributed by atoms with Crippen LogP contribution in [-0.2, 0) is 30.4 Å². The second kappa shape index (κ2) is 9.37. The van der Waals surface area contributed by atoms with Crippen molar-refractivity contribution in [2.45, 2.75) is 56.8 Å². The highest BCUT2D eigenvalue weighted by Crippen LogP contribution is 2.49. The molecule has 2 aromatic carbocycles. The van der Waals surface area contributed by atoms with Gasteiger partial charge in [0, 0.05) is 25.0 Å². The smallest absolute Gasteiger partial charge is 0.307 e. The second-order valence-electron chi connectivity index (χ2n) is 8.93. The topological polar surface area (TPSA) is 149 Å². The maximum absolute atomic E-state index is 12.5. The third-order valence-corrected chi connectivity index (χ3v) is 8.52. The molecule has 11 heteroatoms. The quantitative estimate of drug-likeness (QED) is 0.323. The molecule has 3 rings (SSSR count). The summed E-state index contributed by atoms with van der Waals surface area (Å²) >= 11 is 0. The Bertz CT molecular complexity index is 1380. The summed E-state index contributed by atoms with van der Waals surface area (Å²) in [4.78, 5) is 12.2. The van der Waals surface area contributed by atoms with Crippen LogP contribution in [0, 0.1) is 5.92 Å². The van der Waals surface area contributed by atoms with Gasteiger partial charge in [-0.15, -0.1) is 0 Å². The molecule has 34 heavy (non-hydrogen) atoms. The van der Waals surface area contributed by atoms with Crippen molar-refractivity contribution in [3.05, 3.63) is 35.9 Å². The van der Waals surface area contributed by atoms with Gasteiger partial charge in [0.1, 0.15) is 6.54 Å². The molecule has 1 aliphatic rings. The molecule has 2 unspecified atom stereocenters. The van der Waals surface area contributed by atoms with Gasteiger partial charge in [0.2, 0.25) is 5.69 Å². The molecule has 186 valence electrons. The highest BCUT2D eigenvalue weighted by Gasteiger charge is 2.54. The van der Waals surface area contributed by atoms with E-state index in [1.165, 1.54) is 12.1 Å². The van der Waals surface area contributed by atoms with E-state index in [4.69, 9.17) is 4.55 Å². The van der Waals surface area contributed by atoms with Crippen molar-refractivity contribution in [1.29, 1.82) is 0 Å². The zero-order valence-corrected chi connectivity index (χ0v) is 21.0. The molecule has 0 fully saturated rings. The zero-order valence-electron chi connectivity index (χ0n) is 19.4. The molecule has 1 heterocycles. The lowest BCUT2D eigenvalue weighted by Gasteiger charge is -2.30. The van der Waals surface area contributed by atoms with Crippen LogP contribution in [0.1, 0.15) is 52.0 Å². The van der Waals surface area contributed by atoms with Crippen LogP contribution in [0.4, 0.5) is 5.69 Å². The number of carboxylic acid groups (broad SMARTS) is 1. The Hall–Kier alpha value is -2.34. The van der Waals surface area contributed by atoms with E-state index in [0.717, 1.165) is 6.42 Å². The van der Waals surface area contributed by atoms with E-state index < -0.39 is 43.3 Å². The van der Waals surface area contributed by atoms with Crippen molar-refractivity contribution in [1.82, 2.24) is 0 Å². The minimum Gasteiger partial charge on any atom is -0.481 e. The summed E-state index contributed by atoms with van der Waals surface area (Å²) in [5, 5.41) is 11.4. The minimum absolute atomic E-state index is 0.113. The van der Waals surface area contributed by atoms with Gasteiger partial charge in [-0.1, -0.05) is 25.8 Å².